The lowest BCUT2D eigenvalue weighted by molar-refractivity contribution is -0.116. The molecule has 0 unspecified atom stereocenters. The van der Waals surface area contributed by atoms with Gasteiger partial charge in [-0.2, -0.15) is 0 Å². The molecule has 0 atom stereocenters. The Balaban J connectivity index is 0.00000312. The maximum absolute atomic E-state index is 12.0. The van der Waals surface area contributed by atoms with Gasteiger partial charge in [0.15, 0.2) is 0 Å². The number of carbonyl (C=O) groups excluding carboxylic acids is 1. The summed E-state index contributed by atoms with van der Waals surface area (Å²) >= 11 is 0. The standard InChI is InChI=1S/C19H30N2O3.ClH/c1-15-14-16(21-19(22)6-4-2-3-5-11-20)7-8-18(15)24-17-9-12-23-13-10-17;/h7-8,14,17H,2-6,9-13,20H2,1H3,(H,21,22);1H. The average molecular weight is 371 g/mol. The van der Waals surface area contributed by atoms with Crippen LogP contribution in [0.5, 0.6) is 5.75 Å². The van der Waals surface area contributed by atoms with Crippen molar-refractivity contribution < 1.29 is 14.3 Å². The Hall–Kier alpha value is -1.30. The van der Waals surface area contributed by atoms with E-state index >= 15 is 0 Å². The van der Waals surface area contributed by atoms with Gasteiger partial charge in [0.1, 0.15) is 11.9 Å². The van der Waals surface area contributed by atoms with Crippen LogP contribution in [-0.4, -0.2) is 31.8 Å². The molecule has 5 nitrogen and oxygen atoms in total. The number of aryl methyl sites for hydroxylation is 1. The van der Waals surface area contributed by atoms with E-state index in [0.717, 1.165) is 75.3 Å². The zero-order chi connectivity index (χ0) is 17.2. The number of hydrogen-bond donors (Lipinski definition) is 2. The molecule has 1 aromatic rings. The number of rotatable bonds is 9. The van der Waals surface area contributed by atoms with Gasteiger partial charge in [0, 0.05) is 24.9 Å². The Bertz CT molecular complexity index is 519. The number of carbonyl (C=O) groups is 1. The summed E-state index contributed by atoms with van der Waals surface area (Å²) in [4.78, 5) is 12.0. The van der Waals surface area contributed by atoms with E-state index in [0.29, 0.717) is 6.42 Å². The molecule has 3 N–H and O–H groups in total. The second kappa shape index (κ2) is 12.1. The van der Waals surface area contributed by atoms with Crippen molar-refractivity contribution in [1.82, 2.24) is 0 Å². The molecule has 2 rings (SSSR count). The molecular formula is C19H31ClN2O3. The number of unbranched alkanes of at least 4 members (excludes halogenated alkanes) is 3. The number of amides is 1. The first-order valence-corrected chi connectivity index (χ1v) is 9.04. The van der Waals surface area contributed by atoms with Crippen LogP contribution in [0.1, 0.15) is 50.5 Å². The third kappa shape index (κ3) is 8.08. The number of nitrogens with two attached hydrogens (primary N) is 1. The molecule has 142 valence electrons. The minimum Gasteiger partial charge on any atom is -0.490 e. The molecule has 1 amide bonds. The predicted molar refractivity (Wildman–Crippen MR) is 104 cm³/mol. The summed E-state index contributed by atoms with van der Waals surface area (Å²) in [5, 5.41) is 2.97. The average Bonchev–Trinajstić information content (AvgIpc) is 2.58. The van der Waals surface area contributed by atoms with E-state index < -0.39 is 0 Å². The minimum absolute atomic E-state index is 0. The van der Waals surface area contributed by atoms with Crippen LogP contribution in [0.2, 0.25) is 0 Å². The van der Waals surface area contributed by atoms with Gasteiger partial charge < -0.3 is 20.5 Å². The minimum atomic E-state index is 0. The zero-order valence-corrected chi connectivity index (χ0v) is 15.9. The van der Waals surface area contributed by atoms with Gasteiger partial charge in [0.25, 0.3) is 0 Å². The van der Waals surface area contributed by atoms with Crippen molar-refractivity contribution in [3.63, 3.8) is 0 Å². The van der Waals surface area contributed by atoms with E-state index in [1.807, 2.05) is 25.1 Å². The fraction of sp³-hybridized carbons (Fsp3) is 0.632. The van der Waals surface area contributed by atoms with Crippen molar-refractivity contribution in [1.29, 1.82) is 0 Å². The van der Waals surface area contributed by atoms with Crippen LogP contribution in [0, 0.1) is 6.92 Å². The Kier molecular flexibility index (Phi) is 10.5. The van der Waals surface area contributed by atoms with Crippen LogP contribution in [0.15, 0.2) is 18.2 Å². The fourth-order valence-corrected chi connectivity index (χ4v) is 2.84. The van der Waals surface area contributed by atoms with Crippen molar-refractivity contribution >= 4 is 24.0 Å². The number of benzene rings is 1. The van der Waals surface area contributed by atoms with Crippen molar-refractivity contribution in [2.45, 2.75) is 58.0 Å². The number of hydrogen-bond acceptors (Lipinski definition) is 4. The fourth-order valence-electron chi connectivity index (χ4n) is 2.84. The molecule has 0 aliphatic carbocycles. The number of anilines is 1. The highest BCUT2D eigenvalue weighted by molar-refractivity contribution is 5.90. The van der Waals surface area contributed by atoms with Crippen LogP contribution in [-0.2, 0) is 9.53 Å². The smallest absolute Gasteiger partial charge is 0.224 e. The van der Waals surface area contributed by atoms with Gasteiger partial charge in [0.2, 0.25) is 5.91 Å². The highest BCUT2D eigenvalue weighted by Gasteiger charge is 2.16. The predicted octanol–water partition coefficient (Wildman–Crippen LogP) is 3.82. The van der Waals surface area contributed by atoms with E-state index in [2.05, 4.69) is 5.32 Å². The lowest BCUT2D eigenvalue weighted by Crippen LogP contribution is -2.26. The summed E-state index contributed by atoms with van der Waals surface area (Å²) in [5.74, 6) is 0.960. The molecule has 0 bridgehead atoms. The largest absolute Gasteiger partial charge is 0.490 e. The van der Waals surface area contributed by atoms with Crippen molar-refractivity contribution in [2.24, 2.45) is 5.73 Å². The van der Waals surface area contributed by atoms with Crippen LogP contribution in [0.4, 0.5) is 5.69 Å². The Morgan fingerprint density at radius 3 is 2.64 bits per heavy atom. The third-order valence-electron chi connectivity index (χ3n) is 4.28. The third-order valence-corrected chi connectivity index (χ3v) is 4.28. The summed E-state index contributed by atoms with van der Waals surface area (Å²) < 4.78 is 11.4. The van der Waals surface area contributed by atoms with Gasteiger partial charge in [-0.15, -0.1) is 12.4 Å². The summed E-state index contributed by atoms with van der Waals surface area (Å²) in [6.07, 6.45) is 6.76. The van der Waals surface area contributed by atoms with E-state index in [-0.39, 0.29) is 24.4 Å². The SMILES string of the molecule is Cc1cc(NC(=O)CCCCCCN)ccc1OC1CCOCC1.Cl. The molecule has 1 aliphatic heterocycles. The molecule has 25 heavy (non-hydrogen) atoms. The molecule has 1 aromatic carbocycles. The molecular weight excluding hydrogens is 340 g/mol. The lowest BCUT2D eigenvalue weighted by atomic mass is 10.1. The van der Waals surface area contributed by atoms with Gasteiger partial charge in [-0.1, -0.05) is 12.8 Å². The second-order valence-corrected chi connectivity index (χ2v) is 6.41. The Morgan fingerprint density at radius 1 is 1.24 bits per heavy atom. The topological polar surface area (TPSA) is 73.6 Å². The van der Waals surface area contributed by atoms with Crippen molar-refractivity contribution in [2.75, 3.05) is 25.1 Å². The Morgan fingerprint density at radius 2 is 1.96 bits per heavy atom. The lowest BCUT2D eigenvalue weighted by Gasteiger charge is -2.24. The van der Waals surface area contributed by atoms with Gasteiger partial charge in [-0.25, -0.2) is 0 Å². The Labute approximate surface area is 157 Å². The monoisotopic (exact) mass is 370 g/mol. The first-order chi connectivity index (χ1) is 11.7. The maximum atomic E-state index is 12.0. The zero-order valence-electron chi connectivity index (χ0n) is 15.1. The molecule has 0 aromatic heterocycles. The second-order valence-electron chi connectivity index (χ2n) is 6.41. The van der Waals surface area contributed by atoms with Crippen LogP contribution < -0.4 is 15.8 Å². The normalized spacial score (nSPS) is 14.6. The number of ether oxygens (including phenoxy) is 2. The highest BCUT2D eigenvalue weighted by atomic mass is 35.5. The molecule has 0 spiro atoms. The van der Waals surface area contributed by atoms with Crippen LogP contribution in [0.3, 0.4) is 0 Å². The summed E-state index contributed by atoms with van der Waals surface area (Å²) in [5.41, 5.74) is 7.34. The van der Waals surface area contributed by atoms with Crippen molar-refractivity contribution in [3.8, 4) is 5.75 Å². The maximum Gasteiger partial charge on any atom is 0.224 e. The van der Waals surface area contributed by atoms with E-state index in [4.69, 9.17) is 15.2 Å². The molecule has 1 fully saturated rings. The summed E-state index contributed by atoms with van der Waals surface area (Å²) in [6.45, 7) is 4.27. The molecule has 0 radical (unpaired) electrons. The van der Waals surface area contributed by atoms with Gasteiger partial charge in [-0.05, 0) is 50.1 Å². The van der Waals surface area contributed by atoms with Gasteiger partial charge in [-0.3, -0.25) is 4.79 Å². The number of halogens is 1. The summed E-state index contributed by atoms with van der Waals surface area (Å²) in [7, 11) is 0. The molecule has 0 saturated carbocycles. The first kappa shape index (κ1) is 21.7. The molecule has 6 heteroatoms. The van der Waals surface area contributed by atoms with Gasteiger partial charge >= 0.3 is 0 Å². The van der Waals surface area contributed by atoms with Crippen LogP contribution >= 0.6 is 12.4 Å². The quantitative estimate of drug-likeness (QED) is 0.648. The van der Waals surface area contributed by atoms with E-state index in [1.165, 1.54) is 0 Å². The van der Waals surface area contributed by atoms with Gasteiger partial charge in [0.05, 0.1) is 13.2 Å². The van der Waals surface area contributed by atoms with Crippen LogP contribution in [0.25, 0.3) is 0 Å². The van der Waals surface area contributed by atoms with E-state index in [1.54, 1.807) is 0 Å². The molecule has 1 heterocycles. The molecule has 1 saturated heterocycles. The first-order valence-electron chi connectivity index (χ1n) is 9.04. The molecule has 1 aliphatic rings. The number of nitrogens with one attached hydrogen (secondary N) is 1. The van der Waals surface area contributed by atoms with Crippen molar-refractivity contribution in [3.05, 3.63) is 23.8 Å². The van der Waals surface area contributed by atoms with E-state index in [9.17, 15) is 4.79 Å². The summed E-state index contributed by atoms with van der Waals surface area (Å²) in [6, 6.07) is 5.83. The highest BCUT2D eigenvalue weighted by Crippen LogP contribution is 2.25.